The highest BCUT2D eigenvalue weighted by Gasteiger charge is 2.35. The van der Waals surface area contributed by atoms with Crippen LogP contribution < -0.4 is 14.8 Å². The third-order valence-electron chi connectivity index (χ3n) is 5.56. The summed E-state index contributed by atoms with van der Waals surface area (Å²) < 4.78 is 73.0. The number of carbonyl (C=O) groups is 1. The molecule has 4 rings (SSSR count). The second-order valence-corrected chi connectivity index (χ2v) is 11.4. The summed E-state index contributed by atoms with van der Waals surface area (Å²) in [6.45, 7) is 1.87. The van der Waals surface area contributed by atoms with Crippen LogP contribution in [0.1, 0.15) is 35.9 Å². The van der Waals surface area contributed by atoms with E-state index in [1.54, 1.807) is 19.9 Å². The van der Waals surface area contributed by atoms with E-state index in [-0.39, 0.29) is 52.6 Å². The first kappa shape index (κ1) is 25.9. The normalized spacial score (nSPS) is 17.1. The van der Waals surface area contributed by atoms with E-state index in [9.17, 15) is 26.4 Å². The van der Waals surface area contributed by atoms with E-state index < -0.39 is 34.1 Å². The molecule has 0 saturated carbocycles. The van der Waals surface area contributed by atoms with E-state index >= 15 is 0 Å². The lowest BCUT2D eigenvalue weighted by Crippen LogP contribution is -2.51. The van der Waals surface area contributed by atoms with Crippen molar-refractivity contribution in [2.45, 2.75) is 38.4 Å². The molecule has 1 saturated heterocycles. The Hall–Kier alpha value is -3.13. The van der Waals surface area contributed by atoms with E-state index in [1.165, 1.54) is 16.9 Å². The number of aromatic nitrogens is 4. The SMILES string of the molecule is Cc1cc2nc(C(=O)NC3(C)CCS(=O)(=O)CC3)nn2cc1Oc1ncc(Cl)cc1OCC(F)(F)F. The molecule has 0 bridgehead atoms. The molecule has 0 aromatic carbocycles. The Balaban J connectivity index is 1.55. The van der Waals surface area contributed by atoms with Crippen LogP contribution >= 0.6 is 11.6 Å². The number of amides is 1. The maximum Gasteiger partial charge on any atom is 0.422 e. The zero-order chi connectivity index (χ0) is 26.3. The largest absolute Gasteiger partial charge is 0.478 e. The van der Waals surface area contributed by atoms with Crippen molar-refractivity contribution in [3.63, 3.8) is 0 Å². The molecule has 10 nitrogen and oxygen atoms in total. The van der Waals surface area contributed by atoms with Crippen LogP contribution in [0.4, 0.5) is 13.2 Å². The number of hydrogen-bond acceptors (Lipinski definition) is 8. The summed E-state index contributed by atoms with van der Waals surface area (Å²) in [4.78, 5) is 20.9. The monoisotopic (exact) mass is 547 g/mol. The third kappa shape index (κ3) is 6.16. The van der Waals surface area contributed by atoms with Crippen molar-refractivity contribution in [2.75, 3.05) is 18.1 Å². The smallest absolute Gasteiger partial charge is 0.422 e. The Labute approximate surface area is 208 Å². The topological polar surface area (TPSA) is 125 Å². The summed E-state index contributed by atoms with van der Waals surface area (Å²) in [7, 11) is -3.10. The number of fused-ring (bicyclic) bond motifs is 1. The van der Waals surface area contributed by atoms with Gasteiger partial charge in [-0.15, -0.1) is 5.10 Å². The number of pyridine rings is 2. The van der Waals surface area contributed by atoms with Crippen LogP contribution in [0.15, 0.2) is 24.5 Å². The van der Waals surface area contributed by atoms with Gasteiger partial charge in [0.25, 0.3) is 11.8 Å². The minimum absolute atomic E-state index is 0.0182. The van der Waals surface area contributed by atoms with Gasteiger partial charge in [-0.25, -0.2) is 22.9 Å². The molecule has 0 aliphatic carbocycles. The van der Waals surface area contributed by atoms with Gasteiger partial charge in [0.1, 0.15) is 9.84 Å². The first-order valence-corrected chi connectivity index (χ1v) is 12.8. The molecule has 1 aliphatic heterocycles. The number of halogens is 4. The number of carbonyl (C=O) groups excluding carboxylic acids is 1. The number of alkyl halides is 3. The summed E-state index contributed by atoms with van der Waals surface area (Å²) in [6, 6.07) is 2.72. The highest BCUT2D eigenvalue weighted by atomic mass is 35.5. The number of rotatable bonds is 6. The Morgan fingerprint density at radius 1 is 1.25 bits per heavy atom. The Bertz CT molecular complexity index is 1410. The number of nitrogens with zero attached hydrogens (tertiary/aromatic N) is 4. The van der Waals surface area contributed by atoms with Crippen molar-refractivity contribution in [1.82, 2.24) is 24.9 Å². The van der Waals surface area contributed by atoms with Gasteiger partial charge in [0.2, 0.25) is 5.82 Å². The quantitative estimate of drug-likeness (QED) is 0.497. The van der Waals surface area contributed by atoms with Crippen LogP contribution in [0.25, 0.3) is 5.65 Å². The predicted molar refractivity (Wildman–Crippen MR) is 122 cm³/mol. The molecule has 1 amide bonds. The summed E-state index contributed by atoms with van der Waals surface area (Å²) in [6.07, 6.45) is -1.43. The van der Waals surface area contributed by atoms with Crippen molar-refractivity contribution >= 4 is 33.0 Å². The average Bonchev–Trinajstić information content (AvgIpc) is 3.19. The van der Waals surface area contributed by atoms with Crippen LogP contribution in [-0.2, 0) is 9.84 Å². The predicted octanol–water partition coefficient (Wildman–Crippen LogP) is 3.52. The fraction of sp³-hybridized carbons (Fsp3) is 0.429. The number of sulfone groups is 1. The van der Waals surface area contributed by atoms with Crippen molar-refractivity contribution in [1.29, 1.82) is 0 Å². The number of ether oxygens (including phenoxy) is 2. The van der Waals surface area contributed by atoms with E-state index in [1.807, 2.05) is 0 Å². The Kier molecular flexibility index (Phi) is 6.77. The van der Waals surface area contributed by atoms with Gasteiger partial charge >= 0.3 is 6.18 Å². The highest BCUT2D eigenvalue weighted by molar-refractivity contribution is 7.91. The molecule has 36 heavy (non-hydrogen) atoms. The number of hydrogen-bond donors (Lipinski definition) is 1. The summed E-state index contributed by atoms with van der Waals surface area (Å²) in [5.74, 6) is -1.12. The van der Waals surface area contributed by atoms with Gasteiger partial charge in [0, 0.05) is 17.8 Å². The minimum atomic E-state index is -4.57. The molecular weight excluding hydrogens is 527 g/mol. The zero-order valence-corrected chi connectivity index (χ0v) is 20.7. The summed E-state index contributed by atoms with van der Waals surface area (Å²) in [5, 5.41) is 7.03. The third-order valence-corrected chi connectivity index (χ3v) is 7.42. The first-order valence-electron chi connectivity index (χ1n) is 10.6. The molecule has 1 aliphatic rings. The maximum atomic E-state index is 12.8. The van der Waals surface area contributed by atoms with Crippen LogP contribution in [0, 0.1) is 6.92 Å². The molecule has 0 radical (unpaired) electrons. The average molecular weight is 548 g/mol. The lowest BCUT2D eigenvalue weighted by molar-refractivity contribution is -0.153. The molecule has 194 valence electrons. The van der Waals surface area contributed by atoms with Crippen LogP contribution in [0.2, 0.25) is 5.02 Å². The van der Waals surface area contributed by atoms with Crippen LogP contribution in [0.5, 0.6) is 17.4 Å². The van der Waals surface area contributed by atoms with Crippen LogP contribution in [-0.4, -0.2) is 63.7 Å². The van der Waals surface area contributed by atoms with Crippen LogP contribution in [0.3, 0.4) is 0 Å². The highest BCUT2D eigenvalue weighted by Crippen LogP contribution is 2.34. The van der Waals surface area contributed by atoms with Gasteiger partial charge in [0.15, 0.2) is 23.8 Å². The van der Waals surface area contributed by atoms with Gasteiger partial charge in [-0.05, 0) is 38.3 Å². The Morgan fingerprint density at radius 3 is 2.61 bits per heavy atom. The first-order chi connectivity index (χ1) is 16.7. The molecule has 15 heteroatoms. The van der Waals surface area contributed by atoms with Crippen molar-refractivity contribution in [2.24, 2.45) is 0 Å². The molecule has 0 atom stereocenters. The van der Waals surface area contributed by atoms with E-state index in [2.05, 4.69) is 20.4 Å². The van der Waals surface area contributed by atoms with Gasteiger partial charge in [-0.1, -0.05) is 11.6 Å². The van der Waals surface area contributed by atoms with Gasteiger partial charge in [-0.3, -0.25) is 4.79 Å². The Morgan fingerprint density at radius 2 is 1.94 bits per heavy atom. The number of aryl methyl sites for hydroxylation is 1. The summed E-state index contributed by atoms with van der Waals surface area (Å²) >= 11 is 5.84. The standard InChI is InChI=1S/C21H21ClF3N5O5S/c1-12-7-16-27-17(18(31)28-20(2)3-5-36(32,33)6-4-20)29-30(16)10-15(12)35-19-14(8-13(22)9-26-19)34-11-21(23,24)25/h7-10H,3-6,11H2,1-2H3,(H,28,31). The second-order valence-electron chi connectivity index (χ2n) is 8.69. The zero-order valence-electron chi connectivity index (χ0n) is 19.1. The van der Waals surface area contributed by atoms with Gasteiger partial charge in [0.05, 0.1) is 22.7 Å². The summed E-state index contributed by atoms with van der Waals surface area (Å²) in [5.41, 5.74) is 0.140. The van der Waals surface area contributed by atoms with E-state index in [0.29, 0.717) is 11.2 Å². The lowest BCUT2D eigenvalue weighted by atomic mass is 9.95. The molecule has 0 spiro atoms. The molecule has 1 N–H and O–H groups in total. The molecular formula is C21H21ClF3N5O5S. The van der Waals surface area contributed by atoms with Crippen molar-refractivity contribution in [3.05, 3.63) is 40.9 Å². The molecule has 1 fully saturated rings. The van der Waals surface area contributed by atoms with Gasteiger partial charge in [-0.2, -0.15) is 13.2 Å². The minimum Gasteiger partial charge on any atom is -0.478 e. The maximum absolute atomic E-state index is 12.8. The van der Waals surface area contributed by atoms with Crippen molar-refractivity contribution in [3.8, 4) is 17.4 Å². The fourth-order valence-electron chi connectivity index (χ4n) is 3.50. The molecule has 3 aromatic heterocycles. The lowest BCUT2D eigenvalue weighted by Gasteiger charge is -2.33. The van der Waals surface area contributed by atoms with E-state index in [0.717, 1.165) is 6.07 Å². The number of nitrogens with one attached hydrogen (secondary N) is 1. The molecule has 0 unspecified atom stereocenters. The van der Waals surface area contributed by atoms with Gasteiger partial charge < -0.3 is 14.8 Å². The fourth-order valence-corrected chi connectivity index (χ4v) is 5.38. The van der Waals surface area contributed by atoms with Crippen molar-refractivity contribution < 1.29 is 35.9 Å². The molecule has 4 heterocycles. The van der Waals surface area contributed by atoms with E-state index in [4.69, 9.17) is 21.1 Å². The second kappa shape index (κ2) is 9.39. The molecule has 3 aromatic rings.